The number of benzene rings is 1. The number of halogens is 1. The molecule has 0 aliphatic heterocycles. The summed E-state index contributed by atoms with van der Waals surface area (Å²) in [6, 6.07) is 6.97. The molecular weight excluding hydrogens is 304 g/mol. The van der Waals surface area contributed by atoms with E-state index in [1.54, 1.807) is 31.5 Å². The Bertz CT molecular complexity index is 601. The van der Waals surface area contributed by atoms with Crippen molar-refractivity contribution in [1.29, 1.82) is 0 Å². The maximum Gasteiger partial charge on any atom is 0.188 e. The molecule has 1 heterocycles. The summed E-state index contributed by atoms with van der Waals surface area (Å²) in [5.74, 6) is 0.505. The van der Waals surface area contributed by atoms with Crippen LogP contribution >= 0.6 is 11.6 Å². The Balaban J connectivity index is 2.28. The highest BCUT2D eigenvalue weighted by Gasteiger charge is 2.19. The molecule has 0 bridgehead atoms. The smallest absolute Gasteiger partial charge is 0.188 e. The molecule has 0 saturated carbocycles. The van der Waals surface area contributed by atoms with Crippen molar-refractivity contribution in [2.45, 2.75) is 32.4 Å². The summed E-state index contributed by atoms with van der Waals surface area (Å²) in [6.07, 6.45) is 2.94. The Morgan fingerprint density at radius 3 is 2.91 bits per heavy atom. The lowest BCUT2D eigenvalue weighted by atomic mass is 10.1. The third-order valence-corrected chi connectivity index (χ3v) is 3.59. The molecule has 0 saturated heterocycles. The van der Waals surface area contributed by atoms with Gasteiger partial charge in [0.1, 0.15) is 11.9 Å². The highest BCUT2D eigenvalue weighted by molar-refractivity contribution is 6.30. The Labute approximate surface area is 135 Å². The fourth-order valence-electron chi connectivity index (χ4n) is 2.21. The van der Waals surface area contributed by atoms with E-state index in [4.69, 9.17) is 21.1 Å². The second-order valence-corrected chi connectivity index (χ2v) is 5.40. The molecular formula is C16H21ClN2O3. The molecule has 1 aromatic heterocycles. The number of ether oxygens (including phenoxy) is 2. The van der Waals surface area contributed by atoms with Crippen LogP contribution in [-0.4, -0.2) is 28.8 Å². The van der Waals surface area contributed by atoms with Crippen LogP contribution in [0.3, 0.4) is 0 Å². The van der Waals surface area contributed by atoms with E-state index in [9.17, 15) is 5.11 Å². The molecule has 1 N–H and O–H groups in total. The van der Waals surface area contributed by atoms with Crippen LogP contribution in [0.4, 0.5) is 0 Å². The largest absolute Gasteiger partial charge is 0.467 e. The number of nitrogens with zero attached hydrogens (tertiary/aromatic N) is 2. The first kappa shape index (κ1) is 16.8. The van der Waals surface area contributed by atoms with Crippen molar-refractivity contribution < 1.29 is 14.6 Å². The predicted octanol–water partition coefficient (Wildman–Crippen LogP) is 3.40. The molecule has 6 heteroatoms. The lowest BCUT2D eigenvalue weighted by molar-refractivity contribution is 0.0486. The highest BCUT2D eigenvalue weighted by Crippen LogP contribution is 2.32. The Morgan fingerprint density at radius 2 is 2.18 bits per heavy atom. The minimum Gasteiger partial charge on any atom is -0.467 e. The van der Waals surface area contributed by atoms with E-state index in [2.05, 4.69) is 12.0 Å². The molecule has 0 aliphatic carbocycles. The zero-order valence-corrected chi connectivity index (χ0v) is 13.6. The SMILES string of the molecule is CCCCn1nccc1C(O)c1ccc(Cl)cc1OCOC. The van der Waals surface area contributed by atoms with Gasteiger partial charge in [0.15, 0.2) is 6.79 Å². The van der Waals surface area contributed by atoms with Gasteiger partial charge in [0.2, 0.25) is 0 Å². The molecule has 1 atom stereocenters. The van der Waals surface area contributed by atoms with Crippen LogP contribution in [0, 0.1) is 0 Å². The second kappa shape index (κ2) is 8.17. The lowest BCUT2D eigenvalue weighted by Crippen LogP contribution is -2.12. The summed E-state index contributed by atoms with van der Waals surface area (Å²) in [6.45, 7) is 2.99. The average molecular weight is 325 g/mol. The van der Waals surface area contributed by atoms with Gasteiger partial charge in [0, 0.05) is 30.4 Å². The van der Waals surface area contributed by atoms with Crippen molar-refractivity contribution >= 4 is 11.6 Å². The zero-order valence-electron chi connectivity index (χ0n) is 12.8. The van der Waals surface area contributed by atoms with Gasteiger partial charge < -0.3 is 14.6 Å². The third kappa shape index (κ3) is 4.00. The van der Waals surface area contributed by atoms with Gasteiger partial charge in [0.05, 0.1) is 5.69 Å². The maximum absolute atomic E-state index is 10.7. The van der Waals surface area contributed by atoms with Crippen LogP contribution in [0.1, 0.15) is 37.1 Å². The van der Waals surface area contributed by atoms with Crippen LogP contribution in [0.2, 0.25) is 5.02 Å². The first-order valence-corrected chi connectivity index (χ1v) is 7.66. The zero-order chi connectivity index (χ0) is 15.9. The molecule has 2 rings (SSSR count). The number of hydrogen-bond acceptors (Lipinski definition) is 4. The van der Waals surface area contributed by atoms with E-state index in [0.717, 1.165) is 25.1 Å². The van der Waals surface area contributed by atoms with E-state index in [1.165, 1.54) is 0 Å². The van der Waals surface area contributed by atoms with Gasteiger partial charge >= 0.3 is 0 Å². The molecule has 120 valence electrons. The van der Waals surface area contributed by atoms with Gasteiger partial charge in [-0.3, -0.25) is 4.68 Å². The van der Waals surface area contributed by atoms with Crippen LogP contribution in [-0.2, 0) is 11.3 Å². The topological polar surface area (TPSA) is 56.5 Å². The minimum atomic E-state index is -0.830. The molecule has 0 amide bonds. The first-order chi connectivity index (χ1) is 10.7. The number of rotatable bonds is 8. The number of hydrogen-bond donors (Lipinski definition) is 1. The molecule has 0 aliphatic rings. The first-order valence-electron chi connectivity index (χ1n) is 7.28. The summed E-state index contributed by atoms with van der Waals surface area (Å²) in [4.78, 5) is 0. The predicted molar refractivity (Wildman–Crippen MR) is 85.2 cm³/mol. The molecule has 5 nitrogen and oxygen atoms in total. The molecule has 1 aromatic carbocycles. The Kier molecular flexibility index (Phi) is 6.24. The van der Waals surface area contributed by atoms with E-state index in [-0.39, 0.29) is 6.79 Å². The number of aliphatic hydroxyl groups is 1. The van der Waals surface area contributed by atoms with E-state index in [1.807, 2.05) is 10.7 Å². The van der Waals surface area contributed by atoms with Gasteiger partial charge in [-0.2, -0.15) is 5.10 Å². The van der Waals surface area contributed by atoms with Crippen LogP contribution < -0.4 is 4.74 Å². The van der Waals surface area contributed by atoms with Crippen molar-refractivity contribution in [2.24, 2.45) is 0 Å². The van der Waals surface area contributed by atoms with Gasteiger partial charge in [-0.15, -0.1) is 0 Å². The van der Waals surface area contributed by atoms with Crippen molar-refractivity contribution in [3.8, 4) is 5.75 Å². The number of unbranched alkanes of at least 4 members (excludes halogenated alkanes) is 1. The number of aryl methyl sites for hydroxylation is 1. The molecule has 1 unspecified atom stereocenters. The molecule has 0 radical (unpaired) electrons. The summed E-state index contributed by atoms with van der Waals surface area (Å²) < 4.78 is 12.3. The normalized spacial score (nSPS) is 12.4. The van der Waals surface area contributed by atoms with Crippen molar-refractivity contribution in [2.75, 3.05) is 13.9 Å². The van der Waals surface area contributed by atoms with Crippen LogP contribution in [0.5, 0.6) is 5.75 Å². The average Bonchev–Trinajstić information content (AvgIpc) is 2.98. The molecule has 2 aromatic rings. The quantitative estimate of drug-likeness (QED) is 0.756. The van der Waals surface area contributed by atoms with Gasteiger partial charge in [-0.05, 0) is 24.6 Å². The monoisotopic (exact) mass is 324 g/mol. The summed E-state index contributed by atoms with van der Waals surface area (Å²) in [5.41, 5.74) is 1.37. The molecule has 0 fully saturated rings. The van der Waals surface area contributed by atoms with Gasteiger partial charge in [0.25, 0.3) is 0 Å². The van der Waals surface area contributed by atoms with Crippen LogP contribution in [0.15, 0.2) is 30.5 Å². The second-order valence-electron chi connectivity index (χ2n) is 4.97. The summed E-state index contributed by atoms with van der Waals surface area (Å²) >= 11 is 6.01. The van der Waals surface area contributed by atoms with Crippen molar-refractivity contribution in [3.63, 3.8) is 0 Å². The van der Waals surface area contributed by atoms with Crippen LogP contribution in [0.25, 0.3) is 0 Å². The van der Waals surface area contributed by atoms with E-state index in [0.29, 0.717) is 16.3 Å². The fourth-order valence-corrected chi connectivity index (χ4v) is 2.37. The maximum atomic E-state index is 10.7. The molecule has 22 heavy (non-hydrogen) atoms. The summed E-state index contributed by atoms with van der Waals surface area (Å²) in [5, 5.41) is 15.5. The number of methoxy groups -OCH3 is 1. The van der Waals surface area contributed by atoms with Crippen molar-refractivity contribution in [1.82, 2.24) is 9.78 Å². The third-order valence-electron chi connectivity index (χ3n) is 3.36. The minimum absolute atomic E-state index is 0.0924. The number of aromatic nitrogens is 2. The fraction of sp³-hybridized carbons (Fsp3) is 0.438. The van der Waals surface area contributed by atoms with Gasteiger partial charge in [-0.25, -0.2) is 0 Å². The van der Waals surface area contributed by atoms with E-state index >= 15 is 0 Å². The standard InChI is InChI=1S/C16H21ClN2O3/c1-3-4-9-19-14(7-8-18-19)16(20)13-6-5-12(17)10-15(13)22-11-21-2/h5-8,10,16,20H,3-4,9,11H2,1-2H3. The Morgan fingerprint density at radius 1 is 1.36 bits per heavy atom. The highest BCUT2D eigenvalue weighted by atomic mass is 35.5. The van der Waals surface area contributed by atoms with E-state index < -0.39 is 6.10 Å². The number of aliphatic hydroxyl groups excluding tert-OH is 1. The molecule has 0 spiro atoms. The summed E-state index contributed by atoms with van der Waals surface area (Å²) in [7, 11) is 1.54. The Hall–Kier alpha value is -1.56. The van der Waals surface area contributed by atoms with Crippen molar-refractivity contribution in [3.05, 3.63) is 46.7 Å². The lowest BCUT2D eigenvalue weighted by Gasteiger charge is -2.17. The van der Waals surface area contributed by atoms with Gasteiger partial charge in [-0.1, -0.05) is 31.0 Å².